The summed E-state index contributed by atoms with van der Waals surface area (Å²) in [5, 5.41) is 0.595. The highest BCUT2D eigenvalue weighted by Gasteiger charge is 2.10. The molecule has 0 radical (unpaired) electrons. The molecule has 0 saturated carbocycles. The highest BCUT2D eigenvalue weighted by atomic mass is 79.9. The van der Waals surface area contributed by atoms with Crippen LogP contribution in [0.1, 0.15) is 23.4 Å². The van der Waals surface area contributed by atoms with Crippen molar-refractivity contribution < 1.29 is 8.78 Å². The van der Waals surface area contributed by atoms with E-state index >= 15 is 0 Å². The molecule has 0 aliphatic carbocycles. The molecular formula is C8H8BrF2N. The van der Waals surface area contributed by atoms with Crippen LogP contribution >= 0.6 is 15.9 Å². The molecule has 0 spiro atoms. The van der Waals surface area contributed by atoms with Gasteiger partial charge >= 0.3 is 0 Å². The number of rotatable bonds is 2. The zero-order valence-electron chi connectivity index (χ0n) is 6.52. The van der Waals surface area contributed by atoms with Gasteiger partial charge < -0.3 is 0 Å². The number of hydrogen-bond donors (Lipinski definition) is 0. The van der Waals surface area contributed by atoms with E-state index in [9.17, 15) is 8.78 Å². The van der Waals surface area contributed by atoms with Gasteiger partial charge in [-0.3, -0.25) is 4.98 Å². The van der Waals surface area contributed by atoms with Gasteiger partial charge in [0.25, 0.3) is 6.43 Å². The molecule has 12 heavy (non-hydrogen) atoms. The van der Waals surface area contributed by atoms with Crippen molar-refractivity contribution in [2.24, 2.45) is 0 Å². The number of alkyl halides is 3. The number of aryl methyl sites for hydroxylation is 1. The van der Waals surface area contributed by atoms with Crippen LogP contribution in [0.3, 0.4) is 0 Å². The summed E-state index contributed by atoms with van der Waals surface area (Å²) in [6.45, 7) is 1.59. The Morgan fingerprint density at radius 1 is 1.50 bits per heavy atom. The van der Waals surface area contributed by atoms with Crippen LogP contribution in [0.25, 0.3) is 0 Å². The average Bonchev–Trinajstić information content (AvgIpc) is 2.03. The number of pyridine rings is 1. The second-order valence-electron chi connectivity index (χ2n) is 2.41. The molecule has 66 valence electrons. The van der Waals surface area contributed by atoms with Gasteiger partial charge in [-0.25, -0.2) is 8.78 Å². The minimum atomic E-state index is -2.43. The van der Waals surface area contributed by atoms with Crippen LogP contribution in [-0.2, 0) is 5.33 Å². The second kappa shape index (κ2) is 3.94. The van der Waals surface area contributed by atoms with E-state index in [1.807, 2.05) is 0 Å². The minimum absolute atomic E-state index is 0.0136. The van der Waals surface area contributed by atoms with Gasteiger partial charge in [0.1, 0.15) is 0 Å². The van der Waals surface area contributed by atoms with E-state index < -0.39 is 6.43 Å². The maximum atomic E-state index is 12.2. The molecule has 1 heterocycles. The predicted octanol–water partition coefficient (Wildman–Crippen LogP) is 3.22. The van der Waals surface area contributed by atoms with Crippen molar-refractivity contribution in [3.8, 4) is 0 Å². The Morgan fingerprint density at radius 2 is 2.17 bits per heavy atom. The summed E-state index contributed by atoms with van der Waals surface area (Å²) in [5.41, 5.74) is 1.19. The third kappa shape index (κ3) is 2.00. The quantitative estimate of drug-likeness (QED) is 0.718. The maximum absolute atomic E-state index is 12.2. The average molecular weight is 236 g/mol. The monoisotopic (exact) mass is 235 g/mol. The molecule has 0 fully saturated rings. The standard InChI is InChI=1S/C8H8BrF2N/c1-5-7(8(10)11)3-2-6(4-9)12-5/h2-3,8H,4H2,1H3. The zero-order valence-corrected chi connectivity index (χ0v) is 8.11. The lowest BCUT2D eigenvalue weighted by Crippen LogP contribution is -1.95. The zero-order chi connectivity index (χ0) is 9.14. The summed E-state index contributed by atoms with van der Waals surface area (Å²) in [6, 6.07) is 3.02. The molecule has 0 atom stereocenters. The molecule has 0 amide bonds. The summed E-state index contributed by atoms with van der Waals surface area (Å²) in [4.78, 5) is 3.99. The van der Waals surface area contributed by atoms with Gasteiger partial charge in [-0.1, -0.05) is 15.9 Å². The van der Waals surface area contributed by atoms with Crippen molar-refractivity contribution in [2.75, 3.05) is 0 Å². The molecule has 1 nitrogen and oxygen atoms in total. The number of hydrogen-bond acceptors (Lipinski definition) is 1. The Balaban J connectivity index is 3.03. The predicted molar refractivity (Wildman–Crippen MR) is 46.6 cm³/mol. The largest absolute Gasteiger partial charge is 0.265 e. The van der Waals surface area contributed by atoms with Crippen molar-refractivity contribution in [3.63, 3.8) is 0 Å². The van der Waals surface area contributed by atoms with Gasteiger partial charge in [0.05, 0.1) is 5.69 Å². The van der Waals surface area contributed by atoms with Crippen LogP contribution in [0.4, 0.5) is 8.78 Å². The molecule has 0 aliphatic heterocycles. The topological polar surface area (TPSA) is 12.9 Å². The third-order valence-corrected chi connectivity index (χ3v) is 2.13. The molecular weight excluding hydrogens is 228 g/mol. The first-order valence-corrected chi connectivity index (χ1v) is 4.58. The van der Waals surface area contributed by atoms with Gasteiger partial charge in [0.2, 0.25) is 0 Å². The molecule has 4 heteroatoms. The SMILES string of the molecule is Cc1nc(CBr)ccc1C(F)F. The van der Waals surface area contributed by atoms with E-state index in [-0.39, 0.29) is 5.56 Å². The van der Waals surface area contributed by atoms with E-state index in [1.54, 1.807) is 13.0 Å². The van der Waals surface area contributed by atoms with E-state index in [1.165, 1.54) is 6.07 Å². The van der Waals surface area contributed by atoms with Gasteiger partial charge in [0, 0.05) is 16.6 Å². The number of nitrogens with zero attached hydrogens (tertiary/aromatic N) is 1. The fourth-order valence-corrected chi connectivity index (χ4v) is 1.24. The van der Waals surface area contributed by atoms with Crippen LogP contribution in [0, 0.1) is 6.92 Å². The lowest BCUT2D eigenvalue weighted by atomic mass is 10.2. The molecule has 0 saturated heterocycles. The highest BCUT2D eigenvalue weighted by molar-refractivity contribution is 9.08. The van der Waals surface area contributed by atoms with E-state index in [4.69, 9.17) is 0 Å². The van der Waals surface area contributed by atoms with Gasteiger partial charge in [-0.15, -0.1) is 0 Å². The molecule has 1 aromatic rings. The molecule has 1 aromatic heterocycles. The van der Waals surface area contributed by atoms with Crippen molar-refractivity contribution in [2.45, 2.75) is 18.7 Å². The van der Waals surface area contributed by atoms with Gasteiger partial charge in [-0.05, 0) is 19.1 Å². The second-order valence-corrected chi connectivity index (χ2v) is 2.97. The highest BCUT2D eigenvalue weighted by Crippen LogP contribution is 2.21. The normalized spacial score (nSPS) is 10.8. The lowest BCUT2D eigenvalue weighted by Gasteiger charge is -2.04. The molecule has 0 unspecified atom stereocenters. The van der Waals surface area contributed by atoms with Crippen molar-refractivity contribution in [1.82, 2.24) is 4.98 Å². The molecule has 1 rings (SSSR count). The maximum Gasteiger partial charge on any atom is 0.265 e. The van der Waals surface area contributed by atoms with Crippen LogP contribution in [0.15, 0.2) is 12.1 Å². The summed E-state index contributed by atoms with van der Waals surface area (Å²) < 4.78 is 24.4. The molecule has 0 bridgehead atoms. The number of aromatic nitrogens is 1. The van der Waals surface area contributed by atoms with Gasteiger partial charge in [-0.2, -0.15) is 0 Å². The molecule has 0 N–H and O–H groups in total. The van der Waals surface area contributed by atoms with Crippen molar-refractivity contribution in [1.29, 1.82) is 0 Å². The minimum Gasteiger partial charge on any atom is -0.257 e. The van der Waals surface area contributed by atoms with Crippen molar-refractivity contribution >= 4 is 15.9 Å². The number of halogens is 3. The fraction of sp³-hybridized carbons (Fsp3) is 0.375. The Bertz CT molecular complexity index is 276. The summed E-state index contributed by atoms with van der Waals surface area (Å²) in [7, 11) is 0. The first-order valence-electron chi connectivity index (χ1n) is 3.45. The lowest BCUT2D eigenvalue weighted by molar-refractivity contribution is 0.150. The fourth-order valence-electron chi connectivity index (χ4n) is 0.929. The Kier molecular flexibility index (Phi) is 3.14. The summed E-state index contributed by atoms with van der Waals surface area (Å²) >= 11 is 3.20. The Labute approximate surface area is 77.9 Å². The van der Waals surface area contributed by atoms with Gasteiger partial charge in [0.15, 0.2) is 0 Å². The van der Waals surface area contributed by atoms with Crippen LogP contribution in [0.5, 0.6) is 0 Å². The third-order valence-electron chi connectivity index (χ3n) is 1.56. The molecule has 0 aromatic carbocycles. The van der Waals surface area contributed by atoms with E-state index in [0.717, 1.165) is 5.69 Å². The van der Waals surface area contributed by atoms with E-state index in [2.05, 4.69) is 20.9 Å². The first-order chi connectivity index (χ1) is 5.65. The summed E-state index contributed by atoms with van der Waals surface area (Å²) in [6.07, 6.45) is -2.43. The Morgan fingerprint density at radius 3 is 2.58 bits per heavy atom. The van der Waals surface area contributed by atoms with Crippen molar-refractivity contribution in [3.05, 3.63) is 29.1 Å². The molecule has 0 aliphatic rings. The van der Waals surface area contributed by atoms with Crippen LogP contribution < -0.4 is 0 Å². The first kappa shape index (κ1) is 9.58. The van der Waals surface area contributed by atoms with E-state index in [0.29, 0.717) is 11.0 Å². The van der Waals surface area contributed by atoms with Crippen LogP contribution in [0.2, 0.25) is 0 Å². The van der Waals surface area contributed by atoms with Crippen LogP contribution in [-0.4, -0.2) is 4.98 Å². The summed E-state index contributed by atoms with van der Waals surface area (Å²) in [5.74, 6) is 0. The Hall–Kier alpha value is -0.510. The smallest absolute Gasteiger partial charge is 0.257 e.